The van der Waals surface area contributed by atoms with Gasteiger partial charge < -0.3 is 11.5 Å². The van der Waals surface area contributed by atoms with E-state index in [1.165, 1.54) is 24.2 Å². The topological polar surface area (TPSA) is 94.9 Å². The van der Waals surface area contributed by atoms with E-state index in [1.54, 1.807) is 18.2 Å². The van der Waals surface area contributed by atoms with Gasteiger partial charge in [-0.1, -0.05) is 23.4 Å². The van der Waals surface area contributed by atoms with Crippen LogP contribution in [0.1, 0.15) is 10.4 Å². The van der Waals surface area contributed by atoms with Crippen molar-refractivity contribution in [2.45, 2.75) is 10.1 Å². The van der Waals surface area contributed by atoms with Crippen LogP contribution in [0.5, 0.6) is 0 Å². The molecule has 0 fully saturated rings. The van der Waals surface area contributed by atoms with E-state index in [-0.39, 0.29) is 11.3 Å². The van der Waals surface area contributed by atoms with Gasteiger partial charge in [0.05, 0.1) is 22.5 Å². The van der Waals surface area contributed by atoms with E-state index < -0.39 is 5.91 Å². The molecule has 0 saturated heterocycles. The molecule has 92 valence electrons. The smallest absolute Gasteiger partial charge is 0.250 e. The summed E-state index contributed by atoms with van der Waals surface area (Å²) >= 11 is 7.03. The molecule has 0 aliphatic rings. The van der Waals surface area contributed by atoms with Crippen LogP contribution in [-0.4, -0.2) is 15.9 Å². The number of nitrogen functional groups attached to an aromatic ring is 1. The molecule has 0 unspecified atom stereocenters. The van der Waals surface area contributed by atoms with Gasteiger partial charge in [0.1, 0.15) is 10.1 Å². The largest absolute Gasteiger partial charge is 0.397 e. The van der Waals surface area contributed by atoms with Crippen LogP contribution in [0.15, 0.2) is 40.6 Å². The molecule has 2 aromatic rings. The molecular formula is C11H9ClN4OS. The van der Waals surface area contributed by atoms with Crippen molar-refractivity contribution in [2.24, 2.45) is 5.73 Å². The lowest BCUT2D eigenvalue weighted by molar-refractivity contribution is 0.100. The summed E-state index contributed by atoms with van der Waals surface area (Å²) in [5.74, 6) is -0.583. The van der Waals surface area contributed by atoms with Crippen molar-refractivity contribution in [3.63, 3.8) is 0 Å². The number of amides is 1. The third-order valence-corrected chi connectivity index (χ3v) is 3.19. The lowest BCUT2D eigenvalue weighted by atomic mass is 10.2. The molecule has 0 spiro atoms. The molecule has 0 aliphatic heterocycles. The van der Waals surface area contributed by atoms with Crippen molar-refractivity contribution in [2.75, 3.05) is 5.73 Å². The zero-order valence-corrected chi connectivity index (χ0v) is 10.7. The second-order valence-corrected chi connectivity index (χ2v) is 4.87. The minimum atomic E-state index is -0.583. The highest BCUT2D eigenvalue weighted by Gasteiger charge is 2.09. The van der Waals surface area contributed by atoms with Crippen molar-refractivity contribution in [3.8, 4) is 0 Å². The highest BCUT2D eigenvalue weighted by Crippen LogP contribution is 2.26. The second-order valence-electron chi connectivity index (χ2n) is 3.39. The van der Waals surface area contributed by atoms with Crippen LogP contribution >= 0.6 is 23.4 Å². The molecule has 4 N–H and O–H groups in total. The summed E-state index contributed by atoms with van der Waals surface area (Å²) < 4.78 is 0. The molecule has 0 aromatic carbocycles. The first-order valence-electron chi connectivity index (χ1n) is 4.91. The fraction of sp³-hybridized carbons (Fsp3) is 0. The Bertz CT molecular complexity index is 588. The molecule has 2 aromatic heterocycles. The molecule has 0 atom stereocenters. The number of halogens is 1. The van der Waals surface area contributed by atoms with E-state index in [0.717, 1.165) is 0 Å². The Labute approximate surface area is 113 Å². The number of rotatable bonds is 3. The molecular weight excluding hydrogens is 272 g/mol. The van der Waals surface area contributed by atoms with Crippen molar-refractivity contribution < 1.29 is 4.79 Å². The maximum atomic E-state index is 11.1. The SMILES string of the molecule is NC(=O)c1cc(Sc2ccc(Cl)cn2)ncc1N. The van der Waals surface area contributed by atoms with Crippen LogP contribution in [0.4, 0.5) is 5.69 Å². The van der Waals surface area contributed by atoms with Gasteiger partial charge in [-0.3, -0.25) is 4.79 Å². The third-order valence-electron chi connectivity index (χ3n) is 2.08. The van der Waals surface area contributed by atoms with Crippen LogP contribution in [0, 0.1) is 0 Å². The summed E-state index contributed by atoms with van der Waals surface area (Å²) in [6.07, 6.45) is 2.94. The minimum Gasteiger partial charge on any atom is -0.397 e. The van der Waals surface area contributed by atoms with Crippen LogP contribution < -0.4 is 11.5 Å². The van der Waals surface area contributed by atoms with Gasteiger partial charge >= 0.3 is 0 Å². The van der Waals surface area contributed by atoms with Gasteiger partial charge in [-0.15, -0.1) is 0 Å². The van der Waals surface area contributed by atoms with E-state index in [1.807, 2.05) is 0 Å². The second kappa shape index (κ2) is 5.24. The van der Waals surface area contributed by atoms with Crippen LogP contribution in [-0.2, 0) is 0 Å². The highest BCUT2D eigenvalue weighted by molar-refractivity contribution is 7.99. The molecule has 0 bridgehead atoms. The fourth-order valence-corrected chi connectivity index (χ4v) is 2.10. The number of primary amides is 1. The molecule has 0 radical (unpaired) electrons. The summed E-state index contributed by atoms with van der Waals surface area (Å²) in [5, 5.41) is 1.86. The van der Waals surface area contributed by atoms with Gasteiger partial charge in [-0.05, 0) is 18.2 Å². The van der Waals surface area contributed by atoms with Crippen LogP contribution in [0.3, 0.4) is 0 Å². The molecule has 18 heavy (non-hydrogen) atoms. The standard InChI is InChI=1S/C11H9ClN4OS/c12-6-1-2-9(15-4-6)18-10-3-7(11(14)17)8(13)5-16-10/h1-5H,13H2,(H2,14,17). The van der Waals surface area contributed by atoms with E-state index >= 15 is 0 Å². The van der Waals surface area contributed by atoms with Crippen molar-refractivity contribution in [1.29, 1.82) is 0 Å². The Morgan fingerprint density at radius 1 is 1.22 bits per heavy atom. The van der Waals surface area contributed by atoms with Gasteiger partial charge in [0, 0.05) is 6.20 Å². The maximum Gasteiger partial charge on any atom is 0.250 e. The first-order valence-corrected chi connectivity index (χ1v) is 6.10. The Hall–Kier alpha value is -1.79. The lowest BCUT2D eigenvalue weighted by Crippen LogP contribution is -2.13. The van der Waals surface area contributed by atoms with Crippen molar-refractivity contribution in [3.05, 3.63) is 41.2 Å². The molecule has 7 heteroatoms. The summed E-state index contributed by atoms with van der Waals surface area (Å²) in [5.41, 5.74) is 11.3. The van der Waals surface area contributed by atoms with Gasteiger partial charge in [0.2, 0.25) is 0 Å². The fourth-order valence-electron chi connectivity index (χ4n) is 1.25. The number of aromatic nitrogens is 2. The van der Waals surface area contributed by atoms with Gasteiger partial charge in [0.25, 0.3) is 5.91 Å². The van der Waals surface area contributed by atoms with Crippen molar-refractivity contribution >= 4 is 35.0 Å². The van der Waals surface area contributed by atoms with E-state index in [9.17, 15) is 4.79 Å². The monoisotopic (exact) mass is 280 g/mol. The number of nitrogens with zero attached hydrogens (tertiary/aromatic N) is 2. The summed E-state index contributed by atoms with van der Waals surface area (Å²) in [6.45, 7) is 0. The zero-order chi connectivity index (χ0) is 13.1. The molecule has 0 saturated carbocycles. The molecule has 2 heterocycles. The quantitative estimate of drug-likeness (QED) is 0.896. The maximum absolute atomic E-state index is 11.1. The number of nitrogens with two attached hydrogens (primary N) is 2. The Kier molecular flexibility index (Phi) is 3.69. The Morgan fingerprint density at radius 3 is 2.56 bits per heavy atom. The average molecular weight is 281 g/mol. The molecule has 2 rings (SSSR count). The van der Waals surface area contributed by atoms with E-state index in [0.29, 0.717) is 15.1 Å². The van der Waals surface area contributed by atoms with E-state index in [4.69, 9.17) is 23.1 Å². The summed E-state index contributed by atoms with van der Waals surface area (Å²) in [7, 11) is 0. The lowest BCUT2D eigenvalue weighted by Gasteiger charge is -2.04. The first-order chi connectivity index (χ1) is 8.56. The predicted octanol–water partition coefficient (Wildman–Crippen LogP) is 1.96. The highest BCUT2D eigenvalue weighted by atomic mass is 35.5. The summed E-state index contributed by atoms with van der Waals surface area (Å²) in [4.78, 5) is 19.4. The summed E-state index contributed by atoms with van der Waals surface area (Å²) in [6, 6.07) is 5.02. The van der Waals surface area contributed by atoms with Gasteiger partial charge in [-0.2, -0.15) is 0 Å². The minimum absolute atomic E-state index is 0.251. The Balaban J connectivity index is 2.27. The number of hydrogen-bond donors (Lipinski definition) is 2. The van der Waals surface area contributed by atoms with E-state index in [2.05, 4.69) is 9.97 Å². The molecule has 1 amide bonds. The zero-order valence-electron chi connectivity index (χ0n) is 9.13. The number of carbonyl (C=O) groups excluding carboxylic acids is 1. The van der Waals surface area contributed by atoms with Crippen molar-refractivity contribution in [1.82, 2.24) is 9.97 Å². The number of carbonyl (C=O) groups is 1. The Morgan fingerprint density at radius 2 is 1.94 bits per heavy atom. The third kappa shape index (κ3) is 2.91. The van der Waals surface area contributed by atoms with Crippen LogP contribution in [0.2, 0.25) is 5.02 Å². The van der Waals surface area contributed by atoms with Gasteiger partial charge in [0.15, 0.2) is 0 Å². The first kappa shape index (κ1) is 12.7. The normalized spacial score (nSPS) is 10.3. The molecule has 5 nitrogen and oxygen atoms in total. The molecule has 0 aliphatic carbocycles. The van der Waals surface area contributed by atoms with Crippen LogP contribution in [0.25, 0.3) is 0 Å². The average Bonchev–Trinajstić information content (AvgIpc) is 2.34. The number of pyridine rings is 2. The van der Waals surface area contributed by atoms with Gasteiger partial charge in [-0.25, -0.2) is 9.97 Å². The number of anilines is 1. The number of hydrogen-bond acceptors (Lipinski definition) is 5. The predicted molar refractivity (Wildman–Crippen MR) is 70.5 cm³/mol.